The van der Waals surface area contributed by atoms with Crippen LogP contribution in [0, 0.1) is 0 Å². The van der Waals surface area contributed by atoms with Crippen molar-refractivity contribution in [3.05, 3.63) is 377 Å². The number of carbonyl (C=O) groups is 2. The largest absolute Gasteiger partial charge is 0.456 e. The Kier molecular flexibility index (Phi) is 46.3. The Bertz CT molecular complexity index is 6360. The van der Waals surface area contributed by atoms with E-state index >= 15 is 0 Å². The molecule has 0 aliphatic heterocycles. The van der Waals surface area contributed by atoms with Crippen molar-refractivity contribution in [2.24, 2.45) is 0 Å². The van der Waals surface area contributed by atoms with Crippen molar-refractivity contribution in [3.8, 4) is 77.9 Å². The monoisotopic (exact) mass is 2040 g/mol. The van der Waals surface area contributed by atoms with Crippen molar-refractivity contribution in [2.75, 3.05) is 103 Å². The number of thioether (sulfide) groups is 1. The minimum Gasteiger partial charge on any atom is -0.456 e. The van der Waals surface area contributed by atoms with Crippen molar-refractivity contribution in [1.82, 2.24) is 0 Å². The fourth-order valence-corrected chi connectivity index (χ4v) is 16.5. The molecule has 14 rings (SSSR count). The summed E-state index contributed by atoms with van der Waals surface area (Å²) in [7, 11) is 11.4. The number of carbonyl (C=O) groups excluding carboxylic acids is 2. The van der Waals surface area contributed by atoms with E-state index in [4.69, 9.17) is 125 Å². The number of sulfonamides is 1. The molecule has 14 aromatic carbocycles. The molecule has 4 N–H and O–H groups in total. The number of nitrogens with one attached hydrogen (secondary N) is 2. The predicted molar refractivity (Wildman–Crippen MR) is 574 cm³/mol. The van der Waals surface area contributed by atoms with Crippen molar-refractivity contribution >= 4 is 148 Å². The zero-order valence-corrected chi connectivity index (χ0v) is 87.2. The van der Waals surface area contributed by atoms with Gasteiger partial charge in [-0.05, 0) is 314 Å². The molecule has 27 heteroatoms. The second-order valence-corrected chi connectivity index (χ2v) is 39.3. The number of anilines is 4. The summed E-state index contributed by atoms with van der Waals surface area (Å²) in [5.74, 6) is -0.426. The summed E-state index contributed by atoms with van der Waals surface area (Å²) in [6.07, 6.45) is 4.87. The van der Waals surface area contributed by atoms with Gasteiger partial charge in [0.1, 0.15) is 5.60 Å². The lowest BCUT2D eigenvalue weighted by atomic mass is 9.98. The summed E-state index contributed by atoms with van der Waals surface area (Å²) in [6, 6.07) is 95.0. The van der Waals surface area contributed by atoms with E-state index in [0.717, 1.165) is 127 Å². The molecule has 1 unspecified atom stereocenters. The van der Waals surface area contributed by atoms with E-state index in [-0.39, 0.29) is 11.9 Å². The smallest absolute Gasteiger partial charge is 0.338 e. The number of benzene rings is 14. The van der Waals surface area contributed by atoms with Crippen LogP contribution in [0.2, 0.25) is 35.2 Å². The van der Waals surface area contributed by atoms with Gasteiger partial charge in [-0.2, -0.15) is 0 Å². The maximum Gasteiger partial charge on any atom is 0.338 e. The first-order valence-corrected chi connectivity index (χ1v) is 50.2. The van der Waals surface area contributed by atoms with Crippen LogP contribution in [0.4, 0.5) is 22.7 Å². The number of amides is 1. The fraction of sp³-hybridized carbons (Fsp3) is 0.218. The summed E-state index contributed by atoms with van der Waals surface area (Å²) < 4.78 is 78.7. The third-order valence-electron chi connectivity index (χ3n) is 20.2. The predicted octanol–water partition coefficient (Wildman–Crippen LogP) is 29.5. The van der Waals surface area contributed by atoms with Crippen LogP contribution in [-0.2, 0) is 110 Å². The number of nitrogens with zero attached hydrogens (tertiary/aromatic N) is 1. The van der Waals surface area contributed by atoms with E-state index in [2.05, 4.69) is 57.6 Å². The van der Waals surface area contributed by atoms with Crippen molar-refractivity contribution in [2.45, 2.75) is 89.3 Å². The summed E-state index contributed by atoms with van der Waals surface area (Å²) in [4.78, 5) is 27.5. The second-order valence-electron chi connectivity index (χ2n) is 32.2. The number of rotatable bonds is 28. The van der Waals surface area contributed by atoms with Crippen molar-refractivity contribution in [3.63, 3.8) is 0 Å². The summed E-state index contributed by atoms with van der Waals surface area (Å²) in [5.41, 5.74) is 31.5. The minimum atomic E-state index is -3.30. The van der Waals surface area contributed by atoms with E-state index in [1.54, 1.807) is 86.0 Å². The highest BCUT2D eigenvalue weighted by atomic mass is 35.5. The molecule has 0 bridgehead atoms. The third-order valence-corrected chi connectivity index (χ3v) is 24.2. The van der Waals surface area contributed by atoms with Gasteiger partial charge >= 0.3 is 5.97 Å². The number of methoxy groups -OCH3 is 7. The molecule has 0 aliphatic carbocycles. The number of nitrogen functional groups attached to an aromatic ring is 1. The van der Waals surface area contributed by atoms with E-state index in [9.17, 15) is 22.2 Å². The molecular formula is C110H115Cl7N4O13S3. The molecule has 0 radical (unpaired) electrons. The Morgan fingerprint density at radius 1 is 0.372 bits per heavy atom. The molecule has 1 atom stereocenters. The normalized spacial score (nSPS) is 11.0. The quantitative estimate of drug-likeness (QED) is 0.0236. The number of halogens is 7. The van der Waals surface area contributed by atoms with Crippen LogP contribution in [-0.4, -0.2) is 113 Å². The summed E-state index contributed by atoms with van der Waals surface area (Å²) in [6.45, 7) is 10.6. The number of ether oxygens (including phenoxy) is 8. The van der Waals surface area contributed by atoms with Gasteiger partial charge in [0.05, 0.1) is 58.1 Å². The minimum absolute atomic E-state index is 0.0902. The Balaban J connectivity index is 0.000000197. The first-order chi connectivity index (χ1) is 65.5. The molecule has 0 aromatic heterocycles. The van der Waals surface area contributed by atoms with Crippen LogP contribution >= 0.6 is 93.0 Å². The molecule has 1 amide bonds. The SMILES string of the molecule is COCc1cc(C(=O)OC(C)(C)C)ccc1-c1ccc(Cl)cc1.COCc1cc(N(C)C)ccc1-c1ccc(Cl)cc1.COCc1cc(N)ccc1-c1ccc(Cl)cc1.COCc1cc(NC(C)=O)ccc1-c1ccc(Cl)cc1.COCc1cc(NS(C)(=O)=O)ccc1-c1ccc(Cl)cc1.COCc1cc(S(C)=O)ccc1-c1ccc(Cl)cc1.COCc1cc(SC)ccc1-c1ccc(Cl)cc1. The first kappa shape index (κ1) is 112. The standard InChI is InChI=1S/C19H21ClO3.C16H16ClNO2.C16H18ClNO.C15H16ClNO3S.C15H15ClO2S.C15H15ClOS.C14H14ClNO/c1-19(2,3)23-18(21)14-7-10-17(15(11-14)12-22-4)13-5-8-16(20)9-6-13;1-11(19)18-15-7-8-16(13(9-15)10-20-2)12-3-5-14(17)6-4-12;1-18(2)15-8-9-16(13(10-15)11-19-3)12-4-6-14(17)7-5-12;1-20-10-12-9-14(17-21(2,18)19)7-8-15(12)11-3-5-13(16)6-4-11;1-18-10-12-9-14(19(2)17)7-8-15(12)11-3-5-13(16)6-4-11;1-17-10-12-9-14(18-2)7-8-15(12)11-3-5-13(16)6-4-11;1-17-9-11-8-13(16)6-7-14(11)10-2-4-12(15)5-3-10/h5-11H,12H2,1-4H3;3-9H,10H2,1-2H3,(H,18,19);4-10H,11H2,1-3H3;3-9,17H,10H2,1-2H3;3-9H,10H2,1-2H3;3-9H,10H2,1-2H3;2-8H,9,16H2,1H3. The molecule has 0 saturated carbocycles. The average Bonchev–Trinajstić information content (AvgIpc) is 0.811. The van der Waals surface area contributed by atoms with Gasteiger partial charge in [0.15, 0.2) is 0 Å². The lowest BCUT2D eigenvalue weighted by Gasteiger charge is -2.20. The van der Waals surface area contributed by atoms with Crippen LogP contribution in [0.15, 0.2) is 307 Å². The Morgan fingerprint density at radius 3 is 0.964 bits per heavy atom. The van der Waals surface area contributed by atoms with Gasteiger partial charge in [-0.25, -0.2) is 13.2 Å². The summed E-state index contributed by atoms with van der Waals surface area (Å²) in [5, 5.41) is 7.79. The van der Waals surface area contributed by atoms with Gasteiger partial charge in [-0.1, -0.05) is 209 Å². The topological polar surface area (TPSA) is 213 Å². The van der Waals surface area contributed by atoms with E-state index < -0.39 is 26.4 Å². The zero-order valence-electron chi connectivity index (χ0n) is 79.4. The van der Waals surface area contributed by atoms with Gasteiger partial charge in [0.25, 0.3) is 0 Å². The van der Waals surface area contributed by atoms with Gasteiger partial charge in [0, 0.05) is 156 Å². The highest BCUT2D eigenvalue weighted by Gasteiger charge is 2.21. The number of esters is 1. The van der Waals surface area contributed by atoms with E-state index in [0.29, 0.717) is 77.6 Å². The summed E-state index contributed by atoms with van der Waals surface area (Å²) >= 11 is 43.1. The zero-order chi connectivity index (χ0) is 99.9. The molecule has 0 aliphatic rings. The molecule has 17 nitrogen and oxygen atoms in total. The maximum atomic E-state index is 12.2. The Hall–Kier alpha value is -10.4. The molecule has 0 fully saturated rings. The second kappa shape index (κ2) is 56.6. The van der Waals surface area contributed by atoms with E-state index in [1.165, 1.54) is 45.3 Å². The van der Waals surface area contributed by atoms with Crippen LogP contribution in [0.1, 0.15) is 77.0 Å². The van der Waals surface area contributed by atoms with Gasteiger partial charge in [-0.15, -0.1) is 11.8 Å². The first-order valence-electron chi connectivity index (χ1n) is 42.9. The van der Waals surface area contributed by atoms with Crippen LogP contribution in [0.25, 0.3) is 77.9 Å². The highest BCUT2D eigenvalue weighted by molar-refractivity contribution is 7.98. The fourth-order valence-electron chi connectivity index (χ4n) is 14.0. The number of nitrogens with two attached hydrogens (primary N) is 1. The molecule has 720 valence electrons. The lowest BCUT2D eigenvalue weighted by molar-refractivity contribution is -0.114. The Labute approximate surface area is 849 Å². The molecule has 0 heterocycles. The Morgan fingerprint density at radius 2 is 0.650 bits per heavy atom. The molecule has 14 aromatic rings. The number of hydrogen-bond acceptors (Lipinski definition) is 16. The lowest BCUT2D eigenvalue weighted by Crippen LogP contribution is -2.24. The van der Waals surface area contributed by atoms with Crippen molar-refractivity contribution in [1.29, 1.82) is 0 Å². The molecule has 0 saturated heterocycles. The van der Waals surface area contributed by atoms with Gasteiger partial charge in [0.2, 0.25) is 15.9 Å². The number of hydrogen-bond donors (Lipinski definition) is 3. The highest BCUT2D eigenvalue weighted by Crippen LogP contribution is 2.37. The van der Waals surface area contributed by atoms with Crippen LogP contribution in [0.5, 0.6) is 0 Å². The van der Waals surface area contributed by atoms with Crippen LogP contribution in [0.3, 0.4) is 0 Å². The van der Waals surface area contributed by atoms with Crippen molar-refractivity contribution < 1.29 is 60.1 Å². The van der Waals surface area contributed by atoms with Gasteiger partial charge in [-0.3, -0.25) is 13.7 Å². The maximum absolute atomic E-state index is 12.2. The third kappa shape index (κ3) is 37.1. The van der Waals surface area contributed by atoms with E-state index in [1.807, 2.05) is 278 Å². The molecular weight excluding hydrogens is 1930 g/mol. The van der Waals surface area contributed by atoms with Gasteiger partial charge < -0.3 is 53.8 Å². The van der Waals surface area contributed by atoms with Crippen LogP contribution < -0.4 is 20.7 Å². The molecule has 137 heavy (non-hydrogen) atoms. The molecule has 0 spiro atoms. The average molecular weight is 2050 g/mol.